The van der Waals surface area contributed by atoms with E-state index < -0.39 is 5.54 Å². The number of β-amino-alcohol motifs (C(OH)–C–C–N with tert-alkyl or cyclic N) is 1. The molecule has 3 heteroatoms. The van der Waals surface area contributed by atoms with Crippen molar-refractivity contribution in [3.8, 4) is 6.07 Å². The maximum absolute atomic E-state index is 9.31. The zero-order valence-corrected chi connectivity index (χ0v) is 10.0. The molecule has 0 heterocycles. The van der Waals surface area contributed by atoms with Crippen molar-refractivity contribution in [2.45, 2.75) is 45.6 Å². The van der Waals surface area contributed by atoms with Crippen molar-refractivity contribution in [1.29, 1.82) is 5.26 Å². The second-order valence-electron chi connectivity index (χ2n) is 5.50. The Morgan fingerprint density at radius 3 is 2.60 bits per heavy atom. The summed E-state index contributed by atoms with van der Waals surface area (Å²) < 4.78 is 0. The lowest BCUT2D eigenvalue weighted by Gasteiger charge is -2.44. The van der Waals surface area contributed by atoms with E-state index in [1.807, 2.05) is 0 Å². The number of nitrogens with one attached hydrogen (secondary N) is 1. The molecule has 0 aromatic carbocycles. The summed E-state index contributed by atoms with van der Waals surface area (Å²) in [5, 5.41) is 21.3. The van der Waals surface area contributed by atoms with Gasteiger partial charge in [0.1, 0.15) is 5.54 Å². The lowest BCUT2D eigenvalue weighted by atomic mass is 9.64. The Morgan fingerprint density at radius 1 is 1.47 bits per heavy atom. The Hall–Kier alpha value is -0.590. The molecule has 0 aliphatic heterocycles. The minimum atomic E-state index is -0.418. The maximum Gasteiger partial charge on any atom is 0.109 e. The molecule has 86 valence electrons. The Labute approximate surface area is 92.5 Å². The molecule has 15 heavy (non-hydrogen) atoms. The van der Waals surface area contributed by atoms with Crippen molar-refractivity contribution < 1.29 is 5.11 Å². The largest absolute Gasteiger partial charge is 0.395 e. The monoisotopic (exact) mass is 210 g/mol. The molecule has 1 saturated carbocycles. The summed E-state index contributed by atoms with van der Waals surface area (Å²) in [5.74, 6) is 0.345. The molecule has 0 spiro atoms. The summed E-state index contributed by atoms with van der Waals surface area (Å²) in [6.07, 6.45) is 3.03. The standard InChI is InChI=1S/C12H22N2O/c1-10-8-11(2,3)4-5-12(10,9-13)14-6-7-15/h10,14-15H,4-8H2,1-3H3. The molecular formula is C12H22N2O. The molecule has 1 rings (SSSR count). The highest BCUT2D eigenvalue weighted by Gasteiger charge is 2.43. The summed E-state index contributed by atoms with van der Waals surface area (Å²) in [6.45, 7) is 7.26. The molecule has 0 bridgehead atoms. The number of nitriles is 1. The van der Waals surface area contributed by atoms with E-state index in [9.17, 15) is 5.26 Å². The van der Waals surface area contributed by atoms with E-state index in [0.717, 1.165) is 19.3 Å². The Balaban J connectivity index is 2.71. The highest BCUT2D eigenvalue weighted by Crippen LogP contribution is 2.43. The van der Waals surface area contributed by atoms with Gasteiger partial charge in [0.05, 0.1) is 12.7 Å². The fourth-order valence-corrected chi connectivity index (χ4v) is 2.63. The number of rotatable bonds is 3. The number of hydrogen-bond donors (Lipinski definition) is 2. The number of aliphatic hydroxyl groups is 1. The van der Waals surface area contributed by atoms with Gasteiger partial charge in [-0.25, -0.2) is 0 Å². The molecule has 0 aromatic rings. The predicted molar refractivity (Wildman–Crippen MR) is 60.2 cm³/mol. The molecule has 0 saturated heterocycles. The van der Waals surface area contributed by atoms with Gasteiger partial charge in [-0.2, -0.15) is 5.26 Å². The highest BCUT2D eigenvalue weighted by atomic mass is 16.3. The quantitative estimate of drug-likeness (QED) is 0.745. The van der Waals surface area contributed by atoms with E-state index in [1.165, 1.54) is 0 Å². The van der Waals surface area contributed by atoms with Gasteiger partial charge in [-0.05, 0) is 30.6 Å². The van der Waals surface area contributed by atoms with Crippen LogP contribution in [-0.4, -0.2) is 23.8 Å². The zero-order chi connectivity index (χ0) is 11.5. The average molecular weight is 210 g/mol. The Morgan fingerprint density at radius 2 is 2.13 bits per heavy atom. The van der Waals surface area contributed by atoms with Crippen LogP contribution in [0, 0.1) is 22.7 Å². The molecule has 3 nitrogen and oxygen atoms in total. The van der Waals surface area contributed by atoms with Crippen molar-refractivity contribution in [3.63, 3.8) is 0 Å². The van der Waals surface area contributed by atoms with Gasteiger partial charge in [0.15, 0.2) is 0 Å². The topological polar surface area (TPSA) is 56.0 Å². The van der Waals surface area contributed by atoms with Crippen LogP contribution < -0.4 is 5.32 Å². The summed E-state index contributed by atoms with van der Waals surface area (Å²) in [7, 11) is 0. The van der Waals surface area contributed by atoms with Crippen molar-refractivity contribution in [2.75, 3.05) is 13.2 Å². The first kappa shape index (κ1) is 12.5. The van der Waals surface area contributed by atoms with Crippen LogP contribution in [0.1, 0.15) is 40.0 Å². The SMILES string of the molecule is CC1CC(C)(C)CCC1(C#N)NCCO. The third-order valence-corrected chi connectivity index (χ3v) is 3.65. The lowest BCUT2D eigenvalue weighted by Crippen LogP contribution is -2.54. The zero-order valence-electron chi connectivity index (χ0n) is 10.0. The molecular weight excluding hydrogens is 188 g/mol. The molecule has 0 radical (unpaired) electrons. The molecule has 1 aliphatic rings. The molecule has 2 unspecified atom stereocenters. The lowest BCUT2D eigenvalue weighted by molar-refractivity contribution is 0.105. The summed E-state index contributed by atoms with van der Waals surface area (Å²) in [4.78, 5) is 0. The summed E-state index contributed by atoms with van der Waals surface area (Å²) >= 11 is 0. The van der Waals surface area contributed by atoms with Crippen LogP contribution in [0.25, 0.3) is 0 Å². The van der Waals surface area contributed by atoms with Gasteiger partial charge in [-0.1, -0.05) is 20.8 Å². The number of nitrogens with zero attached hydrogens (tertiary/aromatic N) is 1. The first-order chi connectivity index (χ1) is 6.96. The van der Waals surface area contributed by atoms with Gasteiger partial charge >= 0.3 is 0 Å². The first-order valence-electron chi connectivity index (χ1n) is 5.73. The van der Waals surface area contributed by atoms with Crippen molar-refractivity contribution in [3.05, 3.63) is 0 Å². The van der Waals surface area contributed by atoms with Gasteiger partial charge in [0.25, 0.3) is 0 Å². The van der Waals surface area contributed by atoms with E-state index in [4.69, 9.17) is 5.11 Å². The maximum atomic E-state index is 9.31. The highest BCUT2D eigenvalue weighted by molar-refractivity contribution is 5.13. The van der Waals surface area contributed by atoms with Crippen molar-refractivity contribution in [2.24, 2.45) is 11.3 Å². The molecule has 0 amide bonds. The van der Waals surface area contributed by atoms with Gasteiger partial charge in [0.2, 0.25) is 0 Å². The fraction of sp³-hybridized carbons (Fsp3) is 0.917. The Bertz CT molecular complexity index is 257. The average Bonchev–Trinajstić information content (AvgIpc) is 2.17. The van der Waals surface area contributed by atoms with E-state index in [-0.39, 0.29) is 6.61 Å². The minimum absolute atomic E-state index is 0.0968. The van der Waals surface area contributed by atoms with Gasteiger partial charge < -0.3 is 5.11 Å². The summed E-state index contributed by atoms with van der Waals surface area (Å²) in [5.41, 5.74) is -0.0705. The van der Waals surface area contributed by atoms with Crippen LogP contribution in [0.3, 0.4) is 0 Å². The predicted octanol–water partition coefficient (Wildman–Crippen LogP) is 1.68. The number of hydrogen-bond acceptors (Lipinski definition) is 3. The van der Waals surface area contributed by atoms with Crippen molar-refractivity contribution >= 4 is 0 Å². The van der Waals surface area contributed by atoms with E-state index >= 15 is 0 Å². The summed E-state index contributed by atoms with van der Waals surface area (Å²) in [6, 6.07) is 2.42. The number of aliphatic hydroxyl groups excluding tert-OH is 1. The van der Waals surface area contributed by atoms with Crippen LogP contribution in [0.4, 0.5) is 0 Å². The van der Waals surface area contributed by atoms with Crippen molar-refractivity contribution in [1.82, 2.24) is 5.32 Å². The van der Waals surface area contributed by atoms with Gasteiger partial charge in [0, 0.05) is 6.54 Å². The van der Waals surface area contributed by atoms with E-state index in [0.29, 0.717) is 17.9 Å². The van der Waals surface area contributed by atoms with Gasteiger partial charge in [-0.3, -0.25) is 5.32 Å². The molecule has 2 N–H and O–H groups in total. The molecule has 0 aromatic heterocycles. The van der Waals surface area contributed by atoms with Crippen LogP contribution >= 0.6 is 0 Å². The third kappa shape index (κ3) is 2.70. The Kier molecular flexibility index (Phi) is 3.75. The van der Waals surface area contributed by atoms with Crippen LogP contribution in [-0.2, 0) is 0 Å². The van der Waals surface area contributed by atoms with E-state index in [1.54, 1.807) is 0 Å². The van der Waals surface area contributed by atoms with Crippen LogP contribution in [0.2, 0.25) is 0 Å². The second-order valence-corrected chi connectivity index (χ2v) is 5.50. The molecule has 1 fully saturated rings. The second kappa shape index (κ2) is 4.51. The minimum Gasteiger partial charge on any atom is -0.395 e. The van der Waals surface area contributed by atoms with E-state index in [2.05, 4.69) is 32.2 Å². The fourth-order valence-electron chi connectivity index (χ4n) is 2.63. The van der Waals surface area contributed by atoms with Crippen LogP contribution in [0.15, 0.2) is 0 Å². The molecule has 1 aliphatic carbocycles. The normalized spacial score (nSPS) is 34.7. The smallest absolute Gasteiger partial charge is 0.109 e. The van der Waals surface area contributed by atoms with Crippen LogP contribution in [0.5, 0.6) is 0 Å². The van der Waals surface area contributed by atoms with Gasteiger partial charge in [-0.15, -0.1) is 0 Å². The molecule has 2 atom stereocenters. The third-order valence-electron chi connectivity index (χ3n) is 3.65. The first-order valence-corrected chi connectivity index (χ1v) is 5.73.